The Bertz CT molecular complexity index is 982. The van der Waals surface area contributed by atoms with Gasteiger partial charge in [-0.2, -0.15) is 5.26 Å². The fraction of sp³-hybridized carbons (Fsp3) is 0.400. The van der Waals surface area contributed by atoms with E-state index in [9.17, 15) is 9.81 Å². The van der Waals surface area contributed by atoms with Crippen LogP contribution in [-0.4, -0.2) is 41.2 Å². The van der Waals surface area contributed by atoms with Gasteiger partial charge in [0.05, 0.1) is 41.9 Å². The molecule has 1 aromatic heterocycles. The van der Waals surface area contributed by atoms with Gasteiger partial charge in [0.15, 0.2) is 10.6 Å². The molecule has 1 spiro atoms. The highest BCUT2D eigenvalue weighted by atomic mass is 35.5. The number of nitrogens with zero attached hydrogens (tertiary/aromatic N) is 1. The first kappa shape index (κ1) is 20.5. The number of rotatable bonds is 3. The molecular weight excluding hydrogens is 430 g/mol. The average molecular weight is 450 g/mol. The van der Waals surface area contributed by atoms with E-state index in [4.69, 9.17) is 26.5 Å². The first-order valence-electron chi connectivity index (χ1n) is 9.17. The molecule has 2 atom stereocenters. The number of methoxy groups -OCH3 is 1. The van der Waals surface area contributed by atoms with E-state index in [1.54, 1.807) is 19.2 Å². The van der Waals surface area contributed by atoms with Crippen molar-refractivity contribution < 1.29 is 14.0 Å². The third-order valence-electron chi connectivity index (χ3n) is 5.41. The second kappa shape index (κ2) is 8.17. The summed E-state index contributed by atoms with van der Waals surface area (Å²) in [6, 6.07) is 9.05. The van der Waals surface area contributed by atoms with Crippen molar-refractivity contribution in [3.63, 3.8) is 0 Å². The molecule has 29 heavy (non-hydrogen) atoms. The maximum atomic E-state index is 13.1. The Kier molecular flexibility index (Phi) is 5.78. The SMILES string of the molecule is COc1cc(C#N)cc(-c2cc(Cl)c([C@@H]3C[S+]([O-])C4(CCOCC4)C(=N)N3)s2)c1. The van der Waals surface area contributed by atoms with E-state index in [1.807, 2.05) is 12.1 Å². The molecule has 1 unspecified atom stereocenters. The van der Waals surface area contributed by atoms with Crippen LogP contribution in [0.1, 0.15) is 29.3 Å². The molecule has 0 amide bonds. The Morgan fingerprint density at radius 2 is 2.14 bits per heavy atom. The zero-order valence-electron chi connectivity index (χ0n) is 15.8. The van der Waals surface area contributed by atoms with Gasteiger partial charge in [0, 0.05) is 17.7 Å². The molecule has 1 aromatic carbocycles. The molecule has 2 aromatic rings. The maximum Gasteiger partial charge on any atom is 0.185 e. The number of amidine groups is 1. The minimum atomic E-state index is -1.18. The second-order valence-corrected chi connectivity index (χ2v) is 10.4. The molecule has 4 rings (SSSR count). The van der Waals surface area contributed by atoms with Crippen LogP contribution in [-0.2, 0) is 15.9 Å². The van der Waals surface area contributed by atoms with E-state index >= 15 is 0 Å². The summed E-state index contributed by atoms with van der Waals surface area (Å²) in [5.74, 6) is 1.32. The minimum absolute atomic E-state index is 0.274. The zero-order valence-corrected chi connectivity index (χ0v) is 18.2. The van der Waals surface area contributed by atoms with E-state index in [-0.39, 0.29) is 6.04 Å². The van der Waals surface area contributed by atoms with Crippen molar-refractivity contribution in [1.82, 2.24) is 5.32 Å². The topological polar surface area (TPSA) is 101 Å². The largest absolute Gasteiger partial charge is 0.616 e. The van der Waals surface area contributed by atoms with Crippen LogP contribution in [0.25, 0.3) is 10.4 Å². The number of hydrogen-bond donors (Lipinski definition) is 2. The van der Waals surface area contributed by atoms with E-state index in [1.165, 1.54) is 11.3 Å². The average Bonchev–Trinajstić information content (AvgIpc) is 3.14. The van der Waals surface area contributed by atoms with E-state index < -0.39 is 15.9 Å². The van der Waals surface area contributed by atoms with Gasteiger partial charge >= 0.3 is 0 Å². The van der Waals surface area contributed by atoms with Crippen LogP contribution < -0.4 is 10.1 Å². The first-order valence-corrected chi connectivity index (χ1v) is 11.7. The Labute approximate surface area is 181 Å². The van der Waals surface area contributed by atoms with Gasteiger partial charge in [0.1, 0.15) is 17.5 Å². The second-order valence-electron chi connectivity index (χ2n) is 7.08. The summed E-state index contributed by atoms with van der Waals surface area (Å²) < 4.78 is 23.2. The van der Waals surface area contributed by atoms with Crippen LogP contribution in [0, 0.1) is 16.7 Å². The van der Waals surface area contributed by atoms with Crippen molar-refractivity contribution in [2.24, 2.45) is 0 Å². The van der Waals surface area contributed by atoms with Gasteiger partial charge in [0.25, 0.3) is 0 Å². The summed E-state index contributed by atoms with van der Waals surface area (Å²) in [5, 5.41) is 21.6. The van der Waals surface area contributed by atoms with Crippen molar-refractivity contribution in [3.8, 4) is 22.3 Å². The fourth-order valence-corrected chi connectivity index (χ4v) is 7.18. The Balaban J connectivity index is 1.63. The molecule has 2 aliphatic rings. The predicted octanol–water partition coefficient (Wildman–Crippen LogP) is 3.87. The number of halogens is 1. The molecule has 0 bridgehead atoms. The standard InChI is InChI=1S/C20H20ClN3O3S2/c1-26-14-7-12(10-22)6-13(8-14)17-9-15(21)18(28-17)16-11-29(25)20(19(23)24-16)2-4-27-5-3-20/h6-9,16H,2-5,11H2,1H3,(H2,23,24)/t16-,29?/m0/s1. The highest BCUT2D eigenvalue weighted by Gasteiger charge is 2.53. The zero-order chi connectivity index (χ0) is 20.6. The number of nitriles is 1. The van der Waals surface area contributed by atoms with E-state index in [2.05, 4.69) is 11.4 Å². The van der Waals surface area contributed by atoms with Gasteiger partial charge in [-0.3, -0.25) is 5.41 Å². The van der Waals surface area contributed by atoms with Crippen molar-refractivity contribution in [3.05, 3.63) is 39.7 Å². The van der Waals surface area contributed by atoms with Crippen LogP contribution in [0.15, 0.2) is 24.3 Å². The van der Waals surface area contributed by atoms with E-state index in [0.717, 1.165) is 15.3 Å². The molecule has 2 fully saturated rings. The fourth-order valence-electron chi connectivity index (χ4n) is 3.78. The lowest BCUT2D eigenvalue weighted by atomic mass is 9.96. The van der Waals surface area contributed by atoms with E-state index in [0.29, 0.717) is 54.0 Å². The summed E-state index contributed by atoms with van der Waals surface area (Å²) in [5.41, 5.74) is 1.34. The van der Waals surface area contributed by atoms with Crippen LogP contribution in [0.5, 0.6) is 5.75 Å². The number of nitrogens with one attached hydrogen (secondary N) is 2. The summed E-state index contributed by atoms with van der Waals surface area (Å²) in [7, 11) is 1.56. The van der Waals surface area contributed by atoms with Gasteiger partial charge in [-0.1, -0.05) is 11.6 Å². The van der Waals surface area contributed by atoms with Crippen molar-refractivity contribution >= 4 is 39.9 Å². The molecule has 0 saturated carbocycles. The highest BCUT2D eigenvalue weighted by Crippen LogP contribution is 2.43. The normalized spacial score (nSPS) is 23.4. The Morgan fingerprint density at radius 3 is 2.79 bits per heavy atom. The summed E-state index contributed by atoms with van der Waals surface area (Å²) >= 11 is 6.83. The lowest BCUT2D eigenvalue weighted by molar-refractivity contribution is 0.0869. The van der Waals surface area contributed by atoms with Gasteiger partial charge < -0.3 is 19.3 Å². The molecule has 6 nitrogen and oxygen atoms in total. The summed E-state index contributed by atoms with van der Waals surface area (Å²) in [6.07, 6.45) is 1.20. The van der Waals surface area contributed by atoms with Gasteiger partial charge in [-0.15, -0.1) is 11.3 Å². The van der Waals surface area contributed by atoms with Crippen LogP contribution in [0.3, 0.4) is 0 Å². The summed E-state index contributed by atoms with van der Waals surface area (Å²) in [6.45, 7) is 1.06. The van der Waals surface area contributed by atoms with Crippen molar-refractivity contribution in [1.29, 1.82) is 10.7 Å². The van der Waals surface area contributed by atoms with Crippen LogP contribution in [0.2, 0.25) is 5.02 Å². The molecule has 0 aliphatic carbocycles. The first-order chi connectivity index (χ1) is 14.0. The number of ether oxygens (including phenoxy) is 2. The molecule has 2 aliphatic heterocycles. The monoisotopic (exact) mass is 449 g/mol. The van der Waals surface area contributed by atoms with Crippen molar-refractivity contribution in [2.45, 2.75) is 23.6 Å². The predicted molar refractivity (Wildman–Crippen MR) is 115 cm³/mol. The summed E-state index contributed by atoms with van der Waals surface area (Å²) in [4.78, 5) is 1.74. The Hall–Kier alpha value is -1.76. The van der Waals surface area contributed by atoms with Crippen molar-refractivity contribution in [2.75, 3.05) is 26.1 Å². The maximum absolute atomic E-state index is 13.1. The lowest BCUT2D eigenvalue weighted by Crippen LogP contribution is -2.61. The quantitative estimate of drug-likeness (QED) is 0.692. The minimum Gasteiger partial charge on any atom is -0.616 e. The lowest BCUT2D eigenvalue weighted by Gasteiger charge is -2.44. The molecule has 152 valence electrons. The van der Waals surface area contributed by atoms with Gasteiger partial charge in [0.2, 0.25) is 0 Å². The molecule has 3 heterocycles. The third kappa shape index (κ3) is 3.74. The number of thiophene rings is 1. The molecule has 0 radical (unpaired) electrons. The molecule has 9 heteroatoms. The van der Waals surface area contributed by atoms with Crippen LogP contribution in [0.4, 0.5) is 0 Å². The van der Waals surface area contributed by atoms with Gasteiger partial charge in [-0.05, 0) is 41.0 Å². The van der Waals surface area contributed by atoms with Gasteiger partial charge in [-0.25, -0.2) is 0 Å². The van der Waals surface area contributed by atoms with Crippen LogP contribution >= 0.6 is 22.9 Å². The Morgan fingerprint density at radius 1 is 1.38 bits per heavy atom. The number of benzene rings is 1. The molecule has 2 N–H and O–H groups in total. The molecule has 2 saturated heterocycles. The molecular formula is C20H20ClN3O3S2. The highest BCUT2D eigenvalue weighted by molar-refractivity contribution is 7.93. The third-order valence-corrected chi connectivity index (χ3v) is 9.26. The smallest absolute Gasteiger partial charge is 0.185 e. The number of hydrogen-bond acceptors (Lipinski definition) is 6.